The Morgan fingerprint density at radius 1 is 1.29 bits per heavy atom. The van der Waals surface area contributed by atoms with Gasteiger partial charge in [0.25, 0.3) is 0 Å². The van der Waals surface area contributed by atoms with Gasteiger partial charge in [0.05, 0.1) is 6.04 Å². The number of benzene rings is 2. The van der Waals surface area contributed by atoms with Crippen LogP contribution < -0.4 is 16.0 Å². The smallest absolute Gasteiger partial charge is 0.124 e. The first kappa shape index (κ1) is 16.2. The maximum Gasteiger partial charge on any atom is 0.124 e. The van der Waals surface area contributed by atoms with Gasteiger partial charge in [-0.05, 0) is 48.4 Å². The third-order valence-electron chi connectivity index (χ3n) is 2.89. The van der Waals surface area contributed by atoms with Crippen molar-refractivity contribution in [2.24, 2.45) is 5.84 Å². The highest BCUT2D eigenvalue weighted by molar-refractivity contribution is 9.10. The Bertz CT molecular complexity index is 592. The molecule has 3 nitrogen and oxygen atoms in total. The number of hydrogen-bond donors (Lipinski definition) is 2. The summed E-state index contributed by atoms with van der Waals surface area (Å²) in [4.78, 5) is 0. The van der Waals surface area contributed by atoms with Crippen molar-refractivity contribution < 1.29 is 9.13 Å². The minimum atomic E-state index is -0.286. The molecule has 0 aliphatic heterocycles. The number of hydrazine groups is 1. The van der Waals surface area contributed by atoms with Crippen LogP contribution in [0.1, 0.15) is 5.56 Å². The predicted molar refractivity (Wildman–Crippen MR) is 85.9 cm³/mol. The third-order valence-corrected chi connectivity index (χ3v) is 3.58. The average Bonchev–Trinajstić information content (AvgIpc) is 2.42. The van der Waals surface area contributed by atoms with Crippen LogP contribution in [-0.4, -0.2) is 12.6 Å². The van der Waals surface area contributed by atoms with E-state index < -0.39 is 0 Å². The molecule has 0 spiro atoms. The third kappa shape index (κ3) is 5.28. The molecule has 6 heteroatoms. The van der Waals surface area contributed by atoms with E-state index in [1.54, 1.807) is 12.1 Å². The molecule has 0 radical (unpaired) electrons. The molecular formula is C15H15BrClFN2O. The van der Waals surface area contributed by atoms with Gasteiger partial charge in [0.1, 0.15) is 18.2 Å². The Hall–Kier alpha value is -1.14. The number of halogens is 3. The highest BCUT2D eigenvalue weighted by Gasteiger charge is 2.10. The molecule has 2 rings (SSSR count). The zero-order chi connectivity index (χ0) is 15.2. The van der Waals surface area contributed by atoms with Crippen molar-refractivity contribution in [1.82, 2.24) is 5.43 Å². The summed E-state index contributed by atoms with van der Waals surface area (Å²) in [5, 5.41) is 0.610. The molecule has 0 aliphatic carbocycles. The quantitative estimate of drug-likeness (QED) is 0.599. The first-order valence-corrected chi connectivity index (χ1v) is 7.53. The molecular weight excluding hydrogens is 359 g/mol. The fraction of sp³-hybridized carbons (Fsp3) is 0.200. The van der Waals surface area contributed by atoms with E-state index in [0.29, 0.717) is 28.3 Å². The predicted octanol–water partition coefficient (Wildman–Crippen LogP) is 3.70. The molecule has 0 saturated heterocycles. The highest BCUT2D eigenvalue weighted by Crippen LogP contribution is 2.19. The van der Waals surface area contributed by atoms with Crippen molar-refractivity contribution in [2.45, 2.75) is 12.5 Å². The van der Waals surface area contributed by atoms with Gasteiger partial charge in [-0.25, -0.2) is 4.39 Å². The van der Waals surface area contributed by atoms with Gasteiger partial charge in [0.15, 0.2) is 0 Å². The van der Waals surface area contributed by atoms with Gasteiger partial charge in [-0.15, -0.1) is 0 Å². The van der Waals surface area contributed by atoms with Crippen LogP contribution in [0.2, 0.25) is 5.02 Å². The van der Waals surface area contributed by atoms with Crippen molar-refractivity contribution in [2.75, 3.05) is 6.61 Å². The van der Waals surface area contributed by atoms with E-state index >= 15 is 0 Å². The van der Waals surface area contributed by atoms with Crippen molar-refractivity contribution in [1.29, 1.82) is 0 Å². The zero-order valence-electron chi connectivity index (χ0n) is 11.2. The zero-order valence-corrected chi connectivity index (χ0v) is 13.5. The first-order valence-electron chi connectivity index (χ1n) is 6.36. The van der Waals surface area contributed by atoms with Gasteiger partial charge in [-0.1, -0.05) is 33.6 Å². The molecule has 2 aromatic carbocycles. The van der Waals surface area contributed by atoms with Crippen molar-refractivity contribution in [3.05, 3.63) is 63.3 Å². The van der Waals surface area contributed by atoms with Crippen molar-refractivity contribution >= 4 is 27.5 Å². The molecule has 1 atom stereocenters. The summed E-state index contributed by atoms with van der Waals surface area (Å²) >= 11 is 9.16. The lowest BCUT2D eigenvalue weighted by molar-refractivity contribution is 0.264. The Morgan fingerprint density at radius 3 is 2.76 bits per heavy atom. The van der Waals surface area contributed by atoms with E-state index in [-0.39, 0.29) is 11.9 Å². The molecule has 0 saturated carbocycles. The molecule has 0 bridgehead atoms. The SMILES string of the molecule is NNC(COc1cccc(Cl)c1)Cc1cc(F)cc(Br)c1. The number of ether oxygens (including phenoxy) is 1. The van der Waals surface area contributed by atoms with E-state index in [1.807, 2.05) is 18.2 Å². The van der Waals surface area contributed by atoms with Crippen LogP contribution in [0, 0.1) is 5.82 Å². The molecule has 2 aromatic rings. The van der Waals surface area contributed by atoms with E-state index in [1.165, 1.54) is 12.1 Å². The number of hydrogen-bond acceptors (Lipinski definition) is 3. The second-order valence-electron chi connectivity index (χ2n) is 4.61. The van der Waals surface area contributed by atoms with Gasteiger partial charge < -0.3 is 4.74 Å². The number of rotatable bonds is 6. The van der Waals surface area contributed by atoms with Crippen LogP contribution in [-0.2, 0) is 6.42 Å². The molecule has 1 unspecified atom stereocenters. The lowest BCUT2D eigenvalue weighted by atomic mass is 10.1. The van der Waals surface area contributed by atoms with Gasteiger partial charge in [-0.2, -0.15) is 0 Å². The van der Waals surface area contributed by atoms with E-state index in [0.717, 1.165) is 5.56 Å². The Labute approximate surface area is 136 Å². The number of nitrogens with one attached hydrogen (secondary N) is 1. The van der Waals surface area contributed by atoms with E-state index in [2.05, 4.69) is 21.4 Å². The molecule has 0 heterocycles. The van der Waals surface area contributed by atoms with E-state index in [4.69, 9.17) is 22.2 Å². The second-order valence-corrected chi connectivity index (χ2v) is 5.97. The molecule has 0 aliphatic rings. The Balaban J connectivity index is 1.96. The molecule has 112 valence electrons. The van der Waals surface area contributed by atoms with Crippen LogP contribution in [0.4, 0.5) is 4.39 Å². The van der Waals surface area contributed by atoms with E-state index in [9.17, 15) is 4.39 Å². The minimum absolute atomic E-state index is 0.141. The lowest BCUT2D eigenvalue weighted by Gasteiger charge is -2.17. The second kappa shape index (κ2) is 7.75. The van der Waals surface area contributed by atoms with Gasteiger partial charge in [0.2, 0.25) is 0 Å². The van der Waals surface area contributed by atoms with Crippen molar-refractivity contribution in [3.63, 3.8) is 0 Å². The first-order chi connectivity index (χ1) is 10.1. The standard InChI is InChI=1S/C15H15BrClFN2O/c16-11-4-10(5-13(18)7-11)6-14(20-19)9-21-15-3-1-2-12(17)8-15/h1-5,7-8,14,20H,6,9,19H2. The summed E-state index contributed by atoms with van der Waals surface area (Å²) in [7, 11) is 0. The summed E-state index contributed by atoms with van der Waals surface area (Å²) in [6, 6.07) is 11.7. The summed E-state index contributed by atoms with van der Waals surface area (Å²) in [5.74, 6) is 5.91. The monoisotopic (exact) mass is 372 g/mol. The van der Waals surface area contributed by atoms with Crippen LogP contribution in [0.25, 0.3) is 0 Å². The average molecular weight is 374 g/mol. The van der Waals surface area contributed by atoms with Crippen LogP contribution in [0.15, 0.2) is 46.9 Å². The lowest BCUT2D eigenvalue weighted by Crippen LogP contribution is -2.41. The summed E-state index contributed by atoms with van der Waals surface area (Å²) < 4.78 is 19.7. The maximum absolute atomic E-state index is 13.4. The molecule has 0 amide bonds. The van der Waals surface area contributed by atoms with Crippen LogP contribution in [0.5, 0.6) is 5.75 Å². The fourth-order valence-corrected chi connectivity index (χ4v) is 2.63. The Morgan fingerprint density at radius 2 is 2.10 bits per heavy atom. The summed E-state index contributed by atoms with van der Waals surface area (Å²) in [6.07, 6.45) is 0.549. The van der Waals surface area contributed by atoms with Crippen LogP contribution >= 0.6 is 27.5 Å². The number of nitrogens with two attached hydrogens (primary N) is 1. The summed E-state index contributed by atoms with van der Waals surface area (Å²) in [6.45, 7) is 0.352. The van der Waals surface area contributed by atoms with Gasteiger partial charge in [-0.3, -0.25) is 11.3 Å². The summed E-state index contributed by atoms with van der Waals surface area (Å²) in [5.41, 5.74) is 3.51. The molecule has 0 fully saturated rings. The molecule has 21 heavy (non-hydrogen) atoms. The largest absolute Gasteiger partial charge is 0.492 e. The Kier molecular flexibility index (Phi) is 5.99. The highest BCUT2D eigenvalue weighted by atomic mass is 79.9. The fourth-order valence-electron chi connectivity index (χ4n) is 1.93. The minimum Gasteiger partial charge on any atom is -0.492 e. The normalized spacial score (nSPS) is 12.2. The van der Waals surface area contributed by atoms with Gasteiger partial charge in [0, 0.05) is 9.50 Å². The molecule has 0 aromatic heterocycles. The van der Waals surface area contributed by atoms with Gasteiger partial charge >= 0.3 is 0 Å². The van der Waals surface area contributed by atoms with Crippen molar-refractivity contribution in [3.8, 4) is 5.75 Å². The van der Waals surface area contributed by atoms with Crippen LogP contribution in [0.3, 0.4) is 0 Å². The topological polar surface area (TPSA) is 47.3 Å². The molecule has 3 N–H and O–H groups in total. The maximum atomic E-state index is 13.4.